The van der Waals surface area contributed by atoms with Crippen molar-refractivity contribution >= 4 is 18.2 Å². The van der Waals surface area contributed by atoms with Gasteiger partial charge in [-0.25, -0.2) is 0 Å². The van der Waals surface area contributed by atoms with Crippen LogP contribution in [0.15, 0.2) is 24.8 Å². The molecule has 1 N–H and O–H groups in total. The highest BCUT2D eigenvalue weighted by Gasteiger charge is 2.31. The topological polar surface area (TPSA) is 38.3 Å². The Morgan fingerprint density at radius 3 is 2.56 bits per heavy atom. The van der Waals surface area contributed by atoms with E-state index >= 15 is 0 Å². The molecule has 0 aliphatic heterocycles. The van der Waals surface area contributed by atoms with Crippen LogP contribution in [0.3, 0.4) is 0 Å². The summed E-state index contributed by atoms with van der Waals surface area (Å²) in [7, 11) is 0. The molecule has 0 aromatic heterocycles. The average molecular weight is 231 g/mol. The third kappa shape index (κ3) is 3.30. The minimum atomic E-state index is -4.74. The van der Waals surface area contributed by atoms with Gasteiger partial charge >= 0.3 is 6.36 Å². The molecule has 6 heteroatoms. The summed E-state index contributed by atoms with van der Waals surface area (Å²) in [6.45, 7) is 3.42. The molecular formula is C10H8F3NO2. The highest BCUT2D eigenvalue weighted by Crippen LogP contribution is 2.27. The zero-order chi connectivity index (χ0) is 12.2. The highest BCUT2D eigenvalue weighted by atomic mass is 19.4. The van der Waals surface area contributed by atoms with E-state index in [-0.39, 0.29) is 5.75 Å². The standard InChI is InChI=1S/C10H8F3NO2/c1-2-7-5-8(16-10(11,12)13)3-4-9(7)14-6-15/h2-6H,1H2,(H,14,15). The first-order valence-electron chi connectivity index (χ1n) is 4.18. The van der Waals surface area contributed by atoms with Gasteiger partial charge in [-0.2, -0.15) is 0 Å². The van der Waals surface area contributed by atoms with Crippen molar-refractivity contribution in [1.82, 2.24) is 0 Å². The number of hydrogen-bond acceptors (Lipinski definition) is 2. The zero-order valence-corrected chi connectivity index (χ0v) is 8.04. The van der Waals surface area contributed by atoms with Crippen LogP contribution < -0.4 is 10.1 Å². The van der Waals surface area contributed by atoms with Crippen molar-refractivity contribution in [2.24, 2.45) is 0 Å². The van der Waals surface area contributed by atoms with Crippen molar-refractivity contribution < 1.29 is 22.7 Å². The van der Waals surface area contributed by atoms with Gasteiger partial charge in [0.25, 0.3) is 0 Å². The first-order valence-corrected chi connectivity index (χ1v) is 4.18. The van der Waals surface area contributed by atoms with Crippen LogP contribution in [0.5, 0.6) is 5.75 Å². The molecule has 1 rings (SSSR count). The van der Waals surface area contributed by atoms with Crippen LogP contribution in [0, 0.1) is 0 Å². The number of hydrogen-bond donors (Lipinski definition) is 1. The molecule has 1 aromatic rings. The largest absolute Gasteiger partial charge is 0.573 e. The van der Waals surface area contributed by atoms with Crippen LogP contribution in [0.4, 0.5) is 18.9 Å². The lowest BCUT2D eigenvalue weighted by atomic mass is 10.1. The number of nitrogens with one attached hydrogen (secondary N) is 1. The third-order valence-electron chi connectivity index (χ3n) is 1.69. The monoisotopic (exact) mass is 231 g/mol. The second kappa shape index (κ2) is 4.69. The molecule has 0 radical (unpaired) electrons. The fourth-order valence-electron chi connectivity index (χ4n) is 1.10. The van der Waals surface area contributed by atoms with Crippen LogP contribution in [0.1, 0.15) is 5.56 Å². The Kier molecular flexibility index (Phi) is 3.55. The number of benzene rings is 1. The fourth-order valence-corrected chi connectivity index (χ4v) is 1.10. The first kappa shape index (κ1) is 12.1. The van der Waals surface area contributed by atoms with Crippen LogP contribution in [0.25, 0.3) is 6.08 Å². The Balaban J connectivity index is 2.99. The van der Waals surface area contributed by atoms with Crippen molar-refractivity contribution in [2.45, 2.75) is 6.36 Å². The Labute approximate surface area is 89.5 Å². The van der Waals surface area contributed by atoms with Crippen molar-refractivity contribution in [3.05, 3.63) is 30.3 Å². The molecule has 1 amide bonds. The number of rotatable bonds is 4. The van der Waals surface area contributed by atoms with E-state index in [4.69, 9.17) is 0 Å². The number of anilines is 1. The predicted octanol–water partition coefficient (Wildman–Crippen LogP) is 2.80. The number of ether oxygens (including phenoxy) is 1. The van der Waals surface area contributed by atoms with E-state index in [0.29, 0.717) is 17.7 Å². The van der Waals surface area contributed by atoms with Gasteiger partial charge in [0.15, 0.2) is 0 Å². The van der Waals surface area contributed by atoms with E-state index in [2.05, 4.69) is 16.6 Å². The summed E-state index contributed by atoms with van der Waals surface area (Å²) in [6, 6.07) is 3.53. The lowest BCUT2D eigenvalue weighted by Crippen LogP contribution is -2.17. The Morgan fingerprint density at radius 2 is 2.06 bits per heavy atom. The Hall–Kier alpha value is -1.98. The summed E-state index contributed by atoms with van der Waals surface area (Å²) in [5.74, 6) is -0.362. The molecule has 0 aliphatic rings. The smallest absolute Gasteiger partial charge is 0.406 e. The normalized spacial score (nSPS) is 10.7. The summed E-state index contributed by atoms with van der Waals surface area (Å²) in [6.07, 6.45) is -3.00. The SMILES string of the molecule is C=Cc1cc(OC(F)(F)F)ccc1NC=O. The van der Waals surface area contributed by atoms with Gasteiger partial charge in [-0.05, 0) is 18.2 Å². The summed E-state index contributed by atoms with van der Waals surface area (Å²) in [5.41, 5.74) is 0.702. The summed E-state index contributed by atoms with van der Waals surface area (Å²) < 4.78 is 39.4. The van der Waals surface area contributed by atoms with E-state index in [0.717, 1.165) is 12.1 Å². The van der Waals surface area contributed by atoms with Crippen LogP contribution in [0.2, 0.25) is 0 Å². The third-order valence-corrected chi connectivity index (χ3v) is 1.69. The number of halogens is 3. The summed E-state index contributed by atoms with van der Waals surface area (Å²) >= 11 is 0. The van der Waals surface area contributed by atoms with Gasteiger partial charge in [-0.3, -0.25) is 4.79 Å². The van der Waals surface area contributed by atoms with Crippen molar-refractivity contribution in [3.63, 3.8) is 0 Å². The van der Waals surface area contributed by atoms with Gasteiger partial charge in [0, 0.05) is 11.3 Å². The molecule has 3 nitrogen and oxygen atoms in total. The first-order chi connectivity index (χ1) is 7.46. The Bertz CT molecular complexity index is 402. The fraction of sp³-hybridized carbons (Fsp3) is 0.100. The van der Waals surface area contributed by atoms with Gasteiger partial charge in [0.05, 0.1) is 0 Å². The van der Waals surface area contributed by atoms with Crippen molar-refractivity contribution in [2.75, 3.05) is 5.32 Å². The molecule has 0 spiro atoms. The molecule has 86 valence electrons. The summed E-state index contributed by atoms with van der Waals surface area (Å²) in [4.78, 5) is 10.2. The van der Waals surface area contributed by atoms with E-state index in [1.165, 1.54) is 12.1 Å². The second-order valence-corrected chi connectivity index (χ2v) is 2.76. The number of carbonyl (C=O) groups is 1. The minimum absolute atomic E-state index is 0.342. The molecule has 1 aromatic carbocycles. The second-order valence-electron chi connectivity index (χ2n) is 2.76. The number of amides is 1. The summed E-state index contributed by atoms with van der Waals surface area (Å²) in [5, 5.41) is 2.33. The van der Waals surface area contributed by atoms with E-state index < -0.39 is 6.36 Å². The molecule has 0 unspecified atom stereocenters. The van der Waals surface area contributed by atoms with Gasteiger partial charge in [-0.1, -0.05) is 12.7 Å². The van der Waals surface area contributed by atoms with E-state index in [1.54, 1.807) is 0 Å². The molecule has 16 heavy (non-hydrogen) atoms. The van der Waals surface area contributed by atoms with E-state index in [9.17, 15) is 18.0 Å². The maximum absolute atomic E-state index is 11.9. The van der Waals surface area contributed by atoms with Crippen LogP contribution in [-0.4, -0.2) is 12.8 Å². The molecule has 0 heterocycles. The number of alkyl halides is 3. The minimum Gasteiger partial charge on any atom is -0.406 e. The van der Waals surface area contributed by atoms with Gasteiger partial charge < -0.3 is 10.1 Å². The van der Waals surface area contributed by atoms with E-state index in [1.807, 2.05) is 0 Å². The molecule has 0 fully saturated rings. The molecular weight excluding hydrogens is 223 g/mol. The zero-order valence-electron chi connectivity index (χ0n) is 8.04. The molecule has 0 atom stereocenters. The number of carbonyl (C=O) groups excluding carboxylic acids is 1. The lowest BCUT2D eigenvalue weighted by molar-refractivity contribution is -0.274. The predicted molar refractivity (Wildman–Crippen MR) is 52.9 cm³/mol. The average Bonchev–Trinajstić information content (AvgIpc) is 2.18. The quantitative estimate of drug-likeness (QED) is 0.809. The molecule has 0 bridgehead atoms. The lowest BCUT2D eigenvalue weighted by Gasteiger charge is -2.11. The maximum Gasteiger partial charge on any atom is 0.573 e. The van der Waals surface area contributed by atoms with Gasteiger partial charge in [0.2, 0.25) is 6.41 Å². The van der Waals surface area contributed by atoms with Crippen LogP contribution in [-0.2, 0) is 4.79 Å². The molecule has 0 saturated heterocycles. The van der Waals surface area contributed by atoms with Gasteiger partial charge in [0.1, 0.15) is 5.75 Å². The maximum atomic E-state index is 11.9. The van der Waals surface area contributed by atoms with Crippen LogP contribution >= 0.6 is 0 Å². The molecule has 0 saturated carbocycles. The van der Waals surface area contributed by atoms with Crippen molar-refractivity contribution in [3.8, 4) is 5.75 Å². The molecule has 0 aliphatic carbocycles. The Morgan fingerprint density at radius 1 is 1.38 bits per heavy atom. The van der Waals surface area contributed by atoms with Crippen molar-refractivity contribution in [1.29, 1.82) is 0 Å². The van der Waals surface area contributed by atoms with Gasteiger partial charge in [-0.15, -0.1) is 13.2 Å². The highest BCUT2D eigenvalue weighted by molar-refractivity contribution is 5.78.